The number of benzene rings is 1. The van der Waals surface area contributed by atoms with Gasteiger partial charge in [-0.1, -0.05) is 6.92 Å². The van der Waals surface area contributed by atoms with Gasteiger partial charge in [0, 0.05) is 12.3 Å². The van der Waals surface area contributed by atoms with E-state index in [-0.39, 0.29) is 5.91 Å². The van der Waals surface area contributed by atoms with Crippen molar-refractivity contribution in [2.45, 2.75) is 27.2 Å². The molecule has 0 unspecified atom stereocenters. The van der Waals surface area contributed by atoms with E-state index in [1.165, 1.54) is 6.08 Å². The van der Waals surface area contributed by atoms with Crippen LogP contribution in [0.1, 0.15) is 30.0 Å². The molecule has 0 saturated carbocycles. The quantitative estimate of drug-likeness (QED) is 0.769. The molecule has 0 aliphatic rings. The highest BCUT2D eigenvalue weighted by Crippen LogP contribution is 2.23. The summed E-state index contributed by atoms with van der Waals surface area (Å²) in [6.45, 7) is 6.58. The van der Waals surface area contributed by atoms with Crippen molar-refractivity contribution in [2.75, 3.05) is 19.0 Å². The predicted octanol–water partition coefficient (Wildman–Crippen LogP) is 4.15. The zero-order chi connectivity index (χ0) is 18.2. The van der Waals surface area contributed by atoms with Gasteiger partial charge in [0.05, 0.1) is 13.7 Å². The van der Waals surface area contributed by atoms with Gasteiger partial charge in [-0.15, -0.1) is 0 Å². The van der Waals surface area contributed by atoms with Gasteiger partial charge in [-0.3, -0.25) is 4.79 Å². The van der Waals surface area contributed by atoms with Crippen molar-refractivity contribution in [3.63, 3.8) is 0 Å². The van der Waals surface area contributed by atoms with E-state index in [1.54, 1.807) is 31.5 Å². The molecule has 0 atom stereocenters. The monoisotopic (exact) mass is 340 g/mol. The molecule has 5 heteroatoms. The maximum atomic E-state index is 12.2. The molecule has 2 rings (SSSR count). The smallest absolute Gasteiger partial charge is 0.249 e. The SMILES string of the molecule is CCCOc1cccnc1NC(=O)/C=C/c1c(C)cc(OC)cc1C. The largest absolute Gasteiger partial charge is 0.497 e. The van der Waals surface area contributed by atoms with Gasteiger partial charge in [-0.2, -0.15) is 0 Å². The Bertz CT molecular complexity index is 746. The number of hydrogen-bond acceptors (Lipinski definition) is 4. The minimum Gasteiger partial charge on any atom is -0.497 e. The number of amides is 1. The van der Waals surface area contributed by atoms with Crippen LogP contribution in [-0.4, -0.2) is 24.6 Å². The van der Waals surface area contributed by atoms with E-state index in [0.717, 1.165) is 28.9 Å². The van der Waals surface area contributed by atoms with E-state index in [1.807, 2.05) is 32.9 Å². The number of carbonyl (C=O) groups excluding carboxylic acids is 1. The lowest BCUT2D eigenvalue weighted by Gasteiger charge is -2.10. The molecule has 0 aliphatic heterocycles. The van der Waals surface area contributed by atoms with Crippen LogP contribution in [0.4, 0.5) is 5.82 Å². The van der Waals surface area contributed by atoms with Crippen molar-refractivity contribution in [3.05, 3.63) is 53.2 Å². The third-order valence-electron chi connectivity index (χ3n) is 3.68. The number of hydrogen-bond donors (Lipinski definition) is 1. The maximum absolute atomic E-state index is 12.2. The minimum atomic E-state index is -0.255. The van der Waals surface area contributed by atoms with Gasteiger partial charge < -0.3 is 14.8 Å². The first-order chi connectivity index (χ1) is 12.0. The number of carbonyl (C=O) groups is 1. The van der Waals surface area contributed by atoms with Crippen LogP contribution in [0.2, 0.25) is 0 Å². The normalized spacial score (nSPS) is 10.7. The molecule has 1 aromatic carbocycles. The Kier molecular flexibility index (Phi) is 6.57. The molecule has 1 amide bonds. The van der Waals surface area contributed by atoms with Crippen molar-refractivity contribution in [2.24, 2.45) is 0 Å². The minimum absolute atomic E-state index is 0.255. The fourth-order valence-electron chi connectivity index (χ4n) is 2.45. The van der Waals surface area contributed by atoms with E-state index in [9.17, 15) is 4.79 Å². The lowest BCUT2D eigenvalue weighted by molar-refractivity contribution is -0.111. The van der Waals surface area contributed by atoms with Crippen LogP contribution in [0.5, 0.6) is 11.5 Å². The summed E-state index contributed by atoms with van der Waals surface area (Å²) in [4.78, 5) is 16.4. The number of aromatic nitrogens is 1. The molecular formula is C20H24N2O3. The Labute approximate surface area is 148 Å². The van der Waals surface area contributed by atoms with E-state index < -0.39 is 0 Å². The first-order valence-electron chi connectivity index (χ1n) is 8.27. The molecule has 1 aromatic heterocycles. The first kappa shape index (κ1) is 18.5. The second kappa shape index (κ2) is 8.87. The summed E-state index contributed by atoms with van der Waals surface area (Å²) in [6, 6.07) is 7.46. The van der Waals surface area contributed by atoms with Crippen LogP contribution >= 0.6 is 0 Å². The summed E-state index contributed by atoms with van der Waals surface area (Å²) in [5.74, 6) is 1.55. The second-order valence-corrected chi connectivity index (χ2v) is 5.70. The summed E-state index contributed by atoms with van der Waals surface area (Å²) < 4.78 is 10.9. The van der Waals surface area contributed by atoms with E-state index >= 15 is 0 Å². The van der Waals surface area contributed by atoms with Crippen molar-refractivity contribution in [1.82, 2.24) is 4.98 Å². The van der Waals surface area contributed by atoms with Gasteiger partial charge in [0.15, 0.2) is 11.6 Å². The van der Waals surface area contributed by atoms with Crippen molar-refractivity contribution < 1.29 is 14.3 Å². The van der Waals surface area contributed by atoms with Crippen molar-refractivity contribution in [3.8, 4) is 11.5 Å². The molecule has 1 N–H and O–H groups in total. The number of nitrogens with zero attached hydrogens (tertiary/aromatic N) is 1. The molecule has 0 spiro atoms. The highest BCUT2D eigenvalue weighted by Gasteiger charge is 2.08. The number of aryl methyl sites for hydroxylation is 2. The molecule has 0 fully saturated rings. The summed E-state index contributed by atoms with van der Waals surface area (Å²) in [6.07, 6.45) is 5.81. The van der Waals surface area contributed by atoms with Gasteiger partial charge in [-0.25, -0.2) is 4.98 Å². The Morgan fingerprint density at radius 2 is 2.00 bits per heavy atom. The van der Waals surface area contributed by atoms with Crippen molar-refractivity contribution in [1.29, 1.82) is 0 Å². The molecule has 25 heavy (non-hydrogen) atoms. The van der Waals surface area contributed by atoms with Crippen LogP contribution in [0, 0.1) is 13.8 Å². The van der Waals surface area contributed by atoms with Crippen LogP contribution in [-0.2, 0) is 4.79 Å². The van der Waals surface area contributed by atoms with Crippen LogP contribution in [0.25, 0.3) is 6.08 Å². The molecule has 0 bridgehead atoms. The number of methoxy groups -OCH3 is 1. The fourth-order valence-corrected chi connectivity index (χ4v) is 2.45. The van der Waals surface area contributed by atoms with E-state index in [2.05, 4.69) is 10.3 Å². The highest BCUT2D eigenvalue weighted by molar-refractivity contribution is 6.02. The van der Waals surface area contributed by atoms with Gasteiger partial charge in [0.1, 0.15) is 5.75 Å². The number of rotatable bonds is 7. The summed E-state index contributed by atoms with van der Waals surface area (Å²) in [5.41, 5.74) is 3.09. The number of nitrogens with one attached hydrogen (secondary N) is 1. The molecule has 1 heterocycles. The Morgan fingerprint density at radius 3 is 2.64 bits per heavy atom. The lowest BCUT2D eigenvalue weighted by Crippen LogP contribution is -2.11. The molecule has 0 saturated heterocycles. The number of ether oxygens (including phenoxy) is 2. The first-order valence-corrected chi connectivity index (χ1v) is 8.27. The van der Waals surface area contributed by atoms with Crippen LogP contribution in [0.3, 0.4) is 0 Å². The average Bonchev–Trinajstić information content (AvgIpc) is 2.60. The number of pyridine rings is 1. The average molecular weight is 340 g/mol. The maximum Gasteiger partial charge on any atom is 0.249 e. The molecular weight excluding hydrogens is 316 g/mol. The Hall–Kier alpha value is -2.82. The standard InChI is InChI=1S/C20H24N2O3/c1-5-11-25-18-7-6-10-21-20(18)22-19(23)9-8-17-14(2)12-16(24-4)13-15(17)3/h6-10,12-13H,5,11H2,1-4H3,(H,21,22,23)/b9-8+. The highest BCUT2D eigenvalue weighted by atomic mass is 16.5. The van der Waals surface area contributed by atoms with E-state index in [4.69, 9.17) is 9.47 Å². The molecule has 0 radical (unpaired) electrons. The zero-order valence-electron chi connectivity index (χ0n) is 15.1. The van der Waals surface area contributed by atoms with Gasteiger partial charge in [-0.05, 0) is 67.3 Å². The summed E-state index contributed by atoms with van der Waals surface area (Å²) in [7, 11) is 1.64. The molecule has 132 valence electrons. The van der Waals surface area contributed by atoms with E-state index in [0.29, 0.717) is 18.2 Å². The number of anilines is 1. The Balaban J connectivity index is 2.12. The van der Waals surface area contributed by atoms with Crippen LogP contribution < -0.4 is 14.8 Å². The molecule has 2 aromatic rings. The molecule has 5 nitrogen and oxygen atoms in total. The fraction of sp³-hybridized carbons (Fsp3) is 0.300. The third kappa shape index (κ3) is 5.08. The second-order valence-electron chi connectivity index (χ2n) is 5.70. The zero-order valence-corrected chi connectivity index (χ0v) is 15.1. The third-order valence-corrected chi connectivity index (χ3v) is 3.68. The van der Waals surface area contributed by atoms with Crippen molar-refractivity contribution >= 4 is 17.8 Å². The predicted molar refractivity (Wildman–Crippen MR) is 100 cm³/mol. The Morgan fingerprint density at radius 1 is 1.28 bits per heavy atom. The molecule has 0 aliphatic carbocycles. The summed E-state index contributed by atoms with van der Waals surface area (Å²) >= 11 is 0. The van der Waals surface area contributed by atoms with Gasteiger partial charge in [0.2, 0.25) is 5.91 Å². The van der Waals surface area contributed by atoms with Gasteiger partial charge in [0.25, 0.3) is 0 Å². The lowest BCUT2D eigenvalue weighted by atomic mass is 10.0. The van der Waals surface area contributed by atoms with Gasteiger partial charge >= 0.3 is 0 Å². The topological polar surface area (TPSA) is 60.5 Å². The van der Waals surface area contributed by atoms with Crippen LogP contribution in [0.15, 0.2) is 36.5 Å². The summed E-state index contributed by atoms with van der Waals surface area (Å²) in [5, 5.41) is 2.76.